The van der Waals surface area contributed by atoms with E-state index in [1.165, 1.54) is 0 Å². The Hall–Kier alpha value is -0.610. The van der Waals surface area contributed by atoms with Gasteiger partial charge in [-0.25, -0.2) is 0 Å². The number of ether oxygens (including phenoxy) is 1. The second-order valence-corrected chi connectivity index (χ2v) is 4.46. The van der Waals surface area contributed by atoms with E-state index in [4.69, 9.17) is 10.5 Å². The minimum Gasteiger partial charge on any atom is -0.378 e. The molecule has 1 aliphatic heterocycles. The van der Waals surface area contributed by atoms with Gasteiger partial charge in [0.05, 0.1) is 12.1 Å². The molecule has 1 rings (SSSR count). The molecule has 4 nitrogen and oxygen atoms in total. The highest BCUT2D eigenvalue weighted by Gasteiger charge is 2.16. The van der Waals surface area contributed by atoms with Crippen molar-refractivity contribution in [3.05, 3.63) is 0 Å². The summed E-state index contributed by atoms with van der Waals surface area (Å²) in [7, 11) is 0. The fraction of sp³-hybridized carbons (Fsp3) is 0.917. The van der Waals surface area contributed by atoms with Crippen LogP contribution in [0, 0.1) is 0 Å². The largest absolute Gasteiger partial charge is 0.378 e. The Labute approximate surface area is 97.9 Å². The first-order chi connectivity index (χ1) is 7.74. The van der Waals surface area contributed by atoms with Gasteiger partial charge in [-0.1, -0.05) is 19.8 Å². The summed E-state index contributed by atoms with van der Waals surface area (Å²) in [6.07, 6.45) is 6.39. The molecule has 0 bridgehead atoms. The van der Waals surface area contributed by atoms with E-state index in [0.29, 0.717) is 12.6 Å². The molecule has 0 aromatic rings. The Morgan fingerprint density at radius 2 is 2.44 bits per heavy atom. The van der Waals surface area contributed by atoms with Gasteiger partial charge >= 0.3 is 0 Å². The first-order valence-electron chi connectivity index (χ1n) is 6.39. The summed E-state index contributed by atoms with van der Waals surface area (Å²) >= 11 is 0. The van der Waals surface area contributed by atoms with E-state index in [0.717, 1.165) is 45.1 Å². The first-order valence-corrected chi connectivity index (χ1v) is 6.39. The van der Waals surface area contributed by atoms with Crippen LogP contribution in [0.3, 0.4) is 0 Å². The van der Waals surface area contributed by atoms with Gasteiger partial charge in [-0.15, -0.1) is 0 Å². The second-order valence-electron chi connectivity index (χ2n) is 4.46. The fourth-order valence-corrected chi connectivity index (χ4v) is 1.91. The van der Waals surface area contributed by atoms with Crippen molar-refractivity contribution in [2.75, 3.05) is 13.2 Å². The molecule has 1 unspecified atom stereocenters. The lowest BCUT2D eigenvalue weighted by Gasteiger charge is -2.13. The van der Waals surface area contributed by atoms with Gasteiger partial charge in [0, 0.05) is 13.2 Å². The molecule has 0 radical (unpaired) electrons. The Balaban J connectivity index is 2.04. The zero-order valence-corrected chi connectivity index (χ0v) is 10.2. The number of nitrogens with two attached hydrogens (primary N) is 1. The SMILES string of the molecule is CCCC[C@H](N)C(=O)NCCC1CCCO1. The molecular weight excluding hydrogens is 204 g/mol. The Bertz CT molecular complexity index is 203. The predicted octanol–water partition coefficient (Wildman–Crippen LogP) is 1.19. The highest BCUT2D eigenvalue weighted by Crippen LogP contribution is 2.14. The molecule has 1 saturated heterocycles. The molecule has 0 spiro atoms. The molecule has 2 atom stereocenters. The van der Waals surface area contributed by atoms with Gasteiger partial charge in [-0.05, 0) is 25.7 Å². The van der Waals surface area contributed by atoms with Crippen LogP contribution in [0.4, 0.5) is 0 Å². The summed E-state index contributed by atoms with van der Waals surface area (Å²) in [6, 6.07) is -0.343. The van der Waals surface area contributed by atoms with Crippen LogP contribution in [-0.2, 0) is 9.53 Å². The van der Waals surface area contributed by atoms with Crippen LogP contribution >= 0.6 is 0 Å². The third-order valence-electron chi connectivity index (χ3n) is 2.99. The van der Waals surface area contributed by atoms with Crippen molar-refractivity contribution in [1.29, 1.82) is 0 Å². The maximum atomic E-state index is 11.5. The van der Waals surface area contributed by atoms with Crippen molar-refractivity contribution >= 4 is 5.91 Å². The van der Waals surface area contributed by atoms with Gasteiger partial charge in [0.15, 0.2) is 0 Å². The van der Waals surface area contributed by atoms with E-state index >= 15 is 0 Å². The Morgan fingerprint density at radius 3 is 3.06 bits per heavy atom. The molecule has 0 aliphatic carbocycles. The summed E-state index contributed by atoms with van der Waals surface area (Å²) < 4.78 is 5.48. The van der Waals surface area contributed by atoms with E-state index in [1.54, 1.807) is 0 Å². The van der Waals surface area contributed by atoms with E-state index in [1.807, 2.05) is 0 Å². The van der Waals surface area contributed by atoms with E-state index < -0.39 is 0 Å². The third-order valence-corrected chi connectivity index (χ3v) is 2.99. The Kier molecular flexibility index (Phi) is 6.42. The topological polar surface area (TPSA) is 64.4 Å². The molecule has 1 heterocycles. The molecule has 0 aromatic carbocycles. The van der Waals surface area contributed by atoms with Crippen molar-refractivity contribution in [1.82, 2.24) is 5.32 Å². The van der Waals surface area contributed by atoms with Gasteiger partial charge in [0.25, 0.3) is 0 Å². The van der Waals surface area contributed by atoms with Crippen molar-refractivity contribution < 1.29 is 9.53 Å². The smallest absolute Gasteiger partial charge is 0.236 e. The lowest BCUT2D eigenvalue weighted by atomic mass is 10.1. The van der Waals surface area contributed by atoms with Crippen molar-refractivity contribution in [3.8, 4) is 0 Å². The molecule has 0 saturated carbocycles. The van der Waals surface area contributed by atoms with E-state index in [2.05, 4.69) is 12.2 Å². The Morgan fingerprint density at radius 1 is 1.62 bits per heavy atom. The summed E-state index contributed by atoms with van der Waals surface area (Å²) in [5, 5.41) is 2.87. The standard InChI is InChI=1S/C12H24N2O2/c1-2-3-6-11(13)12(15)14-8-7-10-5-4-9-16-10/h10-11H,2-9,13H2,1H3,(H,14,15)/t10?,11-/m0/s1. The van der Waals surface area contributed by atoms with Gasteiger partial charge in [0.2, 0.25) is 5.91 Å². The highest BCUT2D eigenvalue weighted by atomic mass is 16.5. The van der Waals surface area contributed by atoms with Crippen molar-refractivity contribution in [2.45, 2.75) is 57.6 Å². The molecule has 1 fully saturated rings. The minimum absolute atomic E-state index is 0.0218. The van der Waals surface area contributed by atoms with Crippen LogP contribution in [0.15, 0.2) is 0 Å². The lowest BCUT2D eigenvalue weighted by molar-refractivity contribution is -0.122. The average Bonchev–Trinajstić information content (AvgIpc) is 2.78. The number of hydrogen-bond donors (Lipinski definition) is 2. The number of amides is 1. The summed E-state index contributed by atoms with van der Waals surface area (Å²) in [6.45, 7) is 3.65. The number of carbonyl (C=O) groups is 1. The molecule has 1 amide bonds. The summed E-state index contributed by atoms with van der Waals surface area (Å²) in [5.41, 5.74) is 5.75. The quantitative estimate of drug-likeness (QED) is 0.688. The first kappa shape index (κ1) is 13.5. The van der Waals surface area contributed by atoms with Crippen LogP contribution in [0.1, 0.15) is 45.4 Å². The number of carbonyl (C=O) groups excluding carboxylic acids is 1. The van der Waals surface area contributed by atoms with Crippen molar-refractivity contribution in [3.63, 3.8) is 0 Å². The molecule has 94 valence electrons. The molecule has 16 heavy (non-hydrogen) atoms. The molecule has 1 aliphatic rings. The van der Waals surface area contributed by atoms with Gasteiger partial charge in [-0.2, -0.15) is 0 Å². The zero-order chi connectivity index (χ0) is 11.8. The maximum absolute atomic E-state index is 11.5. The molecular formula is C12H24N2O2. The monoisotopic (exact) mass is 228 g/mol. The van der Waals surface area contributed by atoms with Crippen molar-refractivity contribution in [2.24, 2.45) is 5.73 Å². The van der Waals surface area contributed by atoms with Crippen LogP contribution in [-0.4, -0.2) is 31.2 Å². The van der Waals surface area contributed by atoms with Crippen LogP contribution in [0.2, 0.25) is 0 Å². The predicted molar refractivity (Wildman–Crippen MR) is 64.1 cm³/mol. The number of nitrogens with one attached hydrogen (secondary N) is 1. The molecule has 4 heteroatoms. The summed E-state index contributed by atoms with van der Waals surface area (Å²) in [5.74, 6) is -0.0218. The maximum Gasteiger partial charge on any atom is 0.236 e. The fourth-order valence-electron chi connectivity index (χ4n) is 1.91. The van der Waals surface area contributed by atoms with Crippen LogP contribution in [0.25, 0.3) is 0 Å². The molecule has 3 N–H and O–H groups in total. The number of hydrogen-bond acceptors (Lipinski definition) is 3. The molecule has 0 aromatic heterocycles. The number of unbranched alkanes of at least 4 members (excludes halogenated alkanes) is 1. The van der Waals surface area contributed by atoms with Crippen LogP contribution in [0.5, 0.6) is 0 Å². The number of rotatable bonds is 7. The van der Waals surface area contributed by atoms with Gasteiger partial charge < -0.3 is 15.8 Å². The normalized spacial score (nSPS) is 22.0. The average molecular weight is 228 g/mol. The van der Waals surface area contributed by atoms with Gasteiger partial charge in [0.1, 0.15) is 0 Å². The van der Waals surface area contributed by atoms with Crippen LogP contribution < -0.4 is 11.1 Å². The van der Waals surface area contributed by atoms with E-state index in [9.17, 15) is 4.79 Å². The minimum atomic E-state index is -0.343. The third kappa shape index (κ3) is 4.94. The second kappa shape index (κ2) is 7.63. The summed E-state index contributed by atoms with van der Waals surface area (Å²) in [4.78, 5) is 11.5. The van der Waals surface area contributed by atoms with E-state index in [-0.39, 0.29) is 11.9 Å². The highest BCUT2D eigenvalue weighted by molar-refractivity contribution is 5.81. The lowest BCUT2D eigenvalue weighted by Crippen LogP contribution is -2.41. The zero-order valence-electron chi connectivity index (χ0n) is 10.2. The van der Waals surface area contributed by atoms with Gasteiger partial charge in [-0.3, -0.25) is 4.79 Å².